The van der Waals surface area contributed by atoms with Crippen LogP contribution in [0.1, 0.15) is 44.9 Å². The maximum atomic E-state index is 11.3. The smallest absolute Gasteiger partial charge is 0.195 e. The summed E-state index contributed by atoms with van der Waals surface area (Å²) in [5.74, 6) is 0. The molecule has 78 valence electrons. The lowest BCUT2D eigenvalue weighted by Crippen LogP contribution is -2.28. The lowest BCUT2D eigenvalue weighted by atomic mass is 9.85. The van der Waals surface area contributed by atoms with E-state index in [1.807, 2.05) is 0 Å². The maximum absolute atomic E-state index is 11.3. The number of nitrogens with two attached hydrogens (primary N) is 1. The maximum Gasteiger partial charge on any atom is 0.195 e. The van der Waals surface area contributed by atoms with Gasteiger partial charge in [-0.05, 0) is 32.2 Å². The van der Waals surface area contributed by atoms with Gasteiger partial charge in [0.1, 0.15) is 0 Å². The quantitative estimate of drug-likeness (QED) is 0.689. The molecule has 0 radical (unpaired) electrons. The van der Waals surface area contributed by atoms with Crippen molar-refractivity contribution in [1.82, 2.24) is 0 Å². The fourth-order valence-corrected chi connectivity index (χ4v) is 3.41. The summed E-state index contributed by atoms with van der Waals surface area (Å²) in [4.78, 5) is 9.36. The Bertz CT molecular complexity index is 178. The summed E-state index contributed by atoms with van der Waals surface area (Å²) < 4.78 is 11.3. The minimum absolute atomic E-state index is 0.248. The summed E-state index contributed by atoms with van der Waals surface area (Å²) >= 11 is 0. The second-order valence-corrected chi connectivity index (χ2v) is 5.71. The molecule has 0 aliphatic heterocycles. The summed E-state index contributed by atoms with van der Waals surface area (Å²) in [6.45, 7) is 0.636. The van der Waals surface area contributed by atoms with Crippen LogP contribution in [0.4, 0.5) is 0 Å². The molecular weight excluding hydrogens is 185 g/mol. The molecule has 3 N–H and O–H groups in total. The molecule has 3 nitrogen and oxygen atoms in total. The summed E-state index contributed by atoms with van der Waals surface area (Å²) in [6.07, 6.45) is 7.04. The second kappa shape index (κ2) is 5.14. The second-order valence-electron chi connectivity index (χ2n) is 4.04. The van der Waals surface area contributed by atoms with E-state index < -0.39 is 8.03 Å². The molecule has 1 aliphatic carbocycles. The Labute approximate surface area is 80.6 Å². The van der Waals surface area contributed by atoms with Gasteiger partial charge in [-0.3, -0.25) is 4.57 Å². The Morgan fingerprint density at radius 3 is 2.38 bits per heavy atom. The van der Waals surface area contributed by atoms with E-state index in [0.717, 1.165) is 38.5 Å². The van der Waals surface area contributed by atoms with Gasteiger partial charge in [0, 0.05) is 5.16 Å². The normalized spacial score (nSPS) is 24.2. The average molecular weight is 205 g/mol. The van der Waals surface area contributed by atoms with Crippen LogP contribution < -0.4 is 5.73 Å². The lowest BCUT2D eigenvalue weighted by Gasteiger charge is -2.34. The molecule has 0 aromatic carbocycles. The van der Waals surface area contributed by atoms with Gasteiger partial charge in [-0.15, -0.1) is 0 Å². The third-order valence-electron chi connectivity index (χ3n) is 3.12. The average Bonchev–Trinajstić information content (AvgIpc) is 2.16. The lowest BCUT2D eigenvalue weighted by molar-refractivity contribution is 0.329. The highest BCUT2D eigenvalue weighted by atomic mass is 31.1. The van der Waals surface area contributed by atoms with E-state index in [0.29, 0.717) is 6.54 Å². The summed E-state index contributed by atoms with van der Waals surface area (Å²) in [7, 11) is -2.37. The van der Waals surface area contributed by atoms with Crippen LogP contribution >= 0.6 is 8.03 Å². The highest BCUT2D eigenvalue weighted by Gasteiger charge is 2.36. The first-order chi connectivity index (χ1) is 6.21. The molecule has 1 fully saturated rings. The van der Waals surface area contributed by atoms with Gasteiger partial charge >= 0.3 is 0 Å². The van der Waals surface area contributed by atoms with E-state index in [4.69, 9.17) is 5.73 Å². The Hall–Kier alpha value is 0.150. The van der Waals surface area contributed by atoms with Gasteiger partial charge in [-0.1, -0.05) is 19.3 Å². The summed E-state index contributed by atoms with van der Waals surface area (Å²) in [5, 5.41) is -0.248. The largest absolute Gasteiger partial charge is 0.346 e. The van der Waals surface area contributed by atoms with Crippen molar-refractivity contribution >= 4 is 8.03 Å². The molecule has 0 aromatic rings. The van der Waals surface area contributed by atoms with Crippen molar-refractivity contribution in [1.29, 1.82) is 0 Å². The molecule has 0 bridgehead atoms. The SMILES string of the molecule is NCCCC1([PH](=O)O)CCCCC1. The van der Waals surface area contributed by atoms with Crippen LogP contribution in [-0.4, -0.2) is 16.6 Å². The highest BCUT2D eigenvalue weighted by Crippen LogP contribution is 2.49. The van der Waals surface area contributed by atoms with Crippen molar-refractivity contribution in [3.63, 3.8) is 0 Å². The molecule has 1 rings (SSSR count). The summed E-state index contributed by atoms with van der Waals surface area (Å²) in [6, 6.07) is 0. The van der Waals surface area contributed by atoms with Gasteiger partial charge in [-0.25, -0.2) is 0 Å². The van der Waals surface area contributed by atoms with E-state index in [-0.39, 0.29) is 5.16 Å². The zero-order valence-corrected chi connectivity index (χ0v) is 9.09. The number of hydrogen-bond donors (Lipinski definition) is 2. The number of hydrogen-bond acceptors (Lipinski definition) is 2. The Morgan fingerprint density at radius 2 is 1.92 bits per heavy atom. The molecule has 1 unspecified atom stereocenters. The van der Waals surface area contributed by atoms with E-state index >= 15 is 0 Å². The highest BCUT2D eigenvalue weighted by molar-refractivity contribution is 7.40. The standard InChI is InChI=1S/C9H20NO2P/c10-8-4-7-9(13(11)12)5-2-1-3-6-9/h13H,1-8,10H2,(H,11,12). The molecule has 0 aromatic heterocycles. The van der Waals surface area contributed by atoms with Crippen LogP contribution in [0.3, 0.4) is 0 Å². The van der Waals surface area contributed by atoms with Crippen molar-refractivity contribution < 1.29 is 9.46 Å². The first kappa shape index (κ1) is 11.2. The molecule has 1 atom stereocenters. The van der Waals surface area contributed by atoms with Gasteiger partial charge in [0.2, 0.25) is 0 Å². The zero-order valence-electron chi connectivity index (χ0n) is 8.09. The molecule has 13 heavy (non-hydrogen) atoms. The number of rotatable bonds is 4. The van der Waals surface area contributed by atoms with E-state index in [1.165, 1.54) is 6.42 Å². The zero-order chi connectivity index (χ0) is 9.73. The van der Waals surface area contributed by atoms with Crippen molar-refractivity contribution in [2.45, 2.75) is 50.1 Å². The van der Waals surface area contributed by atoms with Crippen LogP contribution in [-0.2, 0) is 4.57 Å². The minimum atomic E-state index is -2.37. The first-order valence-electron chi connectivity index (χ1n) is 5.15. The van der Waals surface area contributed by atoms with Crippen molar-refractivity contribution in [2.75, 3.05) is 6.54 Å². The van der Waals surface area contributed by atoms with Crippen molar-refractivity contribution in [3.05, 3.63) is 0 Å². The van der Waals surface area contributed by atoms with Crippen LogP contribution in [0.5, 0.6) is 0 Å². The third kappa shape index (κ3) is 2.80. The van der Waals surface area contributed by atoms with Gasteiger partial charge in [0.15, 0.2) is 8.03 Å². The topological polar surface area (TPSA) is 63.3 Å². The molecule has 1 aliphatic rings. The van der Waals surface area contributed by atoms with Gasteiger partial charge in [0.05, 0.1) is 0 Å². The van der Waals surface area contributed by atoms with E-state index in [2.05, 4.69) is 0 Å². The Morgan fingerprint density at radius 1 is 1.31 bits per heavy atom. The fourth-order valence-electron chi connectivity index (χ4n) is 2.24. The molecule has 0 heterocycles. The van der Waals surface area contributed by atoms with Gasteiger partial charge in [0.25, 0.3) is 0 Å². The molecule has 4 heteroatoms. The Kier molecular flexibility index (Phi) is 4.43. The molecule has 1 saturated carbocycles. The molecule has 0 amide bonds. The van der Waals surface area contributed by atoms with E-state index in [9.17, 15) is 9.46 Å². The van der Waals surface area contributed by atoms with E-state index in [1.54, 1.807) is 0 Å². The molecule has 0 saturated heterocycles. The predicted octanol–water partition coefficient (Wildman–Crippen LogP) is 1.90. The van der Waals surface area contributed by atoms with Crippen LogP contribution in [0.2, 0.25) is 0 Å². The Balaban J connectivity index is 2.56. The van der Waals surface area contributed by atoms with Gasteiger partial charge < -0.3 is 10.6 Å². The van der Waals surface area contributed by atoms with Crippen LogP contribution in [0, 0.1) is 0 Å². The summed E-state index contributed by atoms with van der Waals surface area (Å²) in [5.41, 5.74) is 5.43. The minimum Gasteiger partial charge on any atom is -0.346 e. The van der Waals surface area contributed by atoms with Crippen LogP contribution in [0.25, 0.3) is 0 Å². The van der Waals surface area contributed by atoms with Gasteiger partial charge in [-0.2, -0.15) is 0 Å². The fraction of sp³-hybridized carbons (Fsp3) is 1.00. The van der Waals surface area contributed by atoms with Crippen molar-refractivity contribution in [2.24, 2.45) is 5.73 Å². The first-order valence-corrected chi connectivity index (χ1v) is 6.50. The molecular formula is C9H20NO2P. The predicted molar refractivity (Wildman–Crippen MR) is 55.3 cm³/mol. The van der Waals surface area contributed by atoms with Crippen molar-refractivity contribution in [3.8, 4) is 0 Å². The third-order valence-corrected chi connectivity index (χ3v) is 4.78. The monoisotopic (exact) mass is 205 g/mol. The van der Waals surface area contributed by atoms with Crippen LogP contribution in [0.15, 0.2) is 0 Å². The molecule has 0 spiro atoms.